The molecule has 0 bridgehead atoms. The van der Waals surface area contributed by atoms with Crippen LogP contribution >= 0.6 is 0 Å². The normalized spacial score (nSPS) is 19.0. The van der Waals surface area contributed by atoms with Crippen molar-refractivity contribution in [3.63, 3.8) is 0 Å². The van der Waals surface area contributed by atoms with Crippen LogP contribution in [0.2, 0.25) is 0 Å². The van der Waals surface area contributed by atoms with Gasteiger partial charge in [-0.25, -0.2) is 22.8 Å². The summed E-state index contributed by atoms with van der Waals surface area (Å²) in [6, 6.07) is 6.22. The fraction of sp³-hybridized carbons (Fsp3) is 0.500. The zero-order valence-corrected chi connectivity index (χ0v) is 14.8. The molecule has 1 aromatic heterocycles. The fourth-order valence-corrected chi connectivity index (χ4v) is 4.64. The molecule has 0 radical (unpaired) electrons. The summed E-state index contributed by atoms with van der Waals surface area (Å²) in [7, 11) is -3.19. The molecule has 2 heterocycles. The molecule has 1 atom stereocenters. The molecular weight excluding hydrogens is 326 g/mol. The molecule has 1 saturated heterocycles. The molecule has 1 fully saturated rings. The predicted molar refractivity (Wildman–Crippen MR) is 92.4 cm³/mol. The highest BCUT2D eigenvalue weighted by atomic mass is 32.2. The number of sulfonamides is 1. The Morgan fingerprint density at radius 2 is 2.21 bits per heavy atom. The number of aryl methyl sites for hydroxylation is 1. The standard InChI is InChI=1S/C16H23N5O2S/c1-3-19-24(22,23)15-6-7-20(10-15)9-14-4-5-16(13(2)8-14)21-12-17-11-18-21/h4-5,8,11-12,15,19H,3,6-7,9-10H2,1-2H3/t15-/m1/s1. The first-order chi connectivity index (χ1) is 11.5. The van der Waals surface area contributed by atoms with Gasteiger partial charge in [-0.2, -0.15) is 5.10 Å². The Hall–Kier alpha value is -1.77. The van der Waals surface area contributed by atoms with Crippen LogP contribution in [0.3, 0.4) is 0 Å². The third-order valence-electron chi connectivity index (χ3n) is 4.35. The summed E-state index contributed by atoms with van der Waals surface area (Å²) in [5.41, 5.74) is 3.30. The van der Waals surface area contributed by atoms with Crippen molar-refractivity contribution in [3.05, 3.63) is 42.0 Å². The van der Waals surface area contributed by atoms with Crippen molar-refractivity contribution in [3.8, 4) is 5.69 Å². The van der Waals surface area contributed by atoms with Crippen LogP contribution in [0.1, 0.15) is 24.5 Å². The quantitative estimate of drug-likeness (QED) is 0.844. The van der Waals surface area contributed by atoms with E-state index in [1.54, 1.807) is 11.0 Å². The molecule has 130 valence electrons. The van der Waals surface area contributed by atoms with Gasteiger partial charge in [0.05, 0.1) is 10.9 Å². The van der Waals surface area contributed by atoms with Gasteiger partial charge in [-0.1, -0.05) is 19.1 Å². The minimum absolute atomic E-state index is 0.312. The van der Waals surface area contributed by atoms with Crippen molar-refractivity contribution < 1.29 is 8.42 Å². The molecule has 0 saturated carbocycles. The van der Waals surface area contributed by atoms with E-state index in [4.69, 9.17) is 0 Å². The van der Waals surface area contributed by atoms with Gasteiger partial charge in [0.1, 0.15) is 12.7 Å². The Bertz CT molecular complexity index is 789. The fourth-order valence-electron chi connectivity index (χ4n) is 3.18. The number of aromatic nitrogens is 3. The van der Waals surface area contributed by atoms with Crippen molar-refractivity contribution in [1.82, 2.24) is 24.4 Å². The Kier molecular flexibility index (Phi) is 4.98. The second kappa shape index (κ2) is 7.00. The average Bonchev–Trinajstić information content (AvgIpc) is 3.19. The van der Waals surface area contributed by atoms with Crippen LogP contribution in [-0.2, 0) is 16.6 Å². The van der Waals surface area contributed by atoms with E-state index in [0.717, 1.165) is 24.3 Å². The van der Waals surface area contributed by atoms with Gasteiger partial charge in [0.15, 0.2) is 0 Å². The van der Waals surface area contributed by atoms with Gasteiger partial charge < -0.3 is 0 Å². The molecule has 1 aromatic carbocycles. The molecule has 0 unspecified atom stereocenters. The lowest BCUT2D eigenvalue weighted by molar-refractivity contribution is 0.331. The van der Waals surface area contributed by atoms with Crippen LogP contribution in [0.4, 0.5) is 0 Å². The van der Waals surface area contributed by atoms with Gasteiger partial charge in [0, 0.05) is 19.6 Å². The first-order valence-corrected chi connectivity index (χ1v) is 9.69. The summed E-state index contributed by atoms with van der Waals surface area (Å²) in [6.07, 6.45) is 3.88. The van der Waals surface area contributed by atoms with E-state index in [9.17, 15) is 8.42 Å². The van der Waals surface area contributed by atoms with E-state index in [-0.39, 0.29) is 5.25 Å². The smallest absolute Gasteiger partial charge is 0.215 e. The Morgan fingerprint density at radius 3 is 2.88 bits per heavy atom. The van der Waals surface area contributed by atoms with E-state index in [1.807, 2.05) is 19.9 Å². The second-order valence-corrected chi connectivity index (χ2v) is 8.19. The summed E-state index contributed by atoms with van der Waals surface area (Å²) in [5.74, 6) is 0. The van der Waals surface area contributed by atoms with Gasteiger partial charge in [0.2, 0.25) is 10.0 Å². The van der Waals surface area contributed by atoms with Gasteiger partial charge in [-0.15, -0.1) is 0 Å². The largest absolute Gasteiger partial charge is 0.298 e. The monoisotopic (exact) mass is 349 g/mol. The maximum Gasteiger partial charge on any atom is 0.215 e. The van der Waals surface area contributed by atoms with Crippen LogP contribution in [0.5, 0.6) is 0 Å². The molecule has 24 heavy (non-hydrogen) atoms. The maximum absolute atomic E-state index is 12.1. The van der Waals surface area contributed by atoms with E-state index < -0.39 is 10.0 Å². The van der Waals surface area contributed by atoms with E-state index in [1.165, 1.54) is 11.9 Å². The van der Waals surface area contributed by atoms with Gasteiger partial charge in [-0.05, 0) is 37.1 Å². The van der Waals surface area contributed by atoms with E-state index in [2.05, 4.69) is 31.8 Å². The number of hydrogen-bond acceptors (Lipinski definition) is 5. The third kappa shape index (κ3) is 3.66. The lowest BCUT2D eigenvalue weighted by Crippen LogP contribution is -2.36. The lowest BCUT2D eigenvalue weighted by Gasteiger charge is -2.17. The minimum Gasteiger partial charge on any atom is -0.298 e. The van der Waals surface area contributed by atoms with Gasteiger partial charge in [0.25, 0.3) is 0 Å². The molecule has 0 aliphatic carbocycles. The van der Waals surface area contributed by atoms with Crippen LogP contribution in [0, 0.1) is 6.92 Å². The van der Waals surface area contributed by atoms with Crippen LogP contribution in [-0.4, -0.2) is 53.0 Å². The van der Waals surface area contributed by atoms with E-state index >= 15 is 0 Å². The van der Waals surface area contributed by atoms with E-state index in [0.29, 0.717) is 19.5 Å². The average molecular weight is 349 g/mol. The molecule has 2 aromatic rings. The predicted octanol–water partition coefficient (Wildman–Crippen LogP) is 1.09. The first kappa shape index (κ1) is 17.1. The lowest BCUT2D eigenvalue weighted by atomic mass is 10.1. The Labute approximate surface area is 142 Å². The maximum atomic E-state index is 12.1. The highest BCUT2D eigenvalue weighted by molar-refractivity contribution is 7.90. The molecular formula is C16H23N5O2S. The van der Waals surface area contributed by atoms with Crippen molar-refractivity contribution in [2.45, 2.75) is 32.1 Å². The molecule has 7 nitrogen and oxygen atoms in total. The zero-order valence-electron chi connectivity index (χ0n) is 14.0. The van der Waals surface area contributed by atoms with Gasteiger partial charge >= 0.3 is 0 Å². The molecule has 0 amide bonds. The topological polar surface area (TPSA) is 80.1 Å². The molecule has 3 rings (SSSR count). The first-order valence-electron chi connectivity index (χ1n) is 8.15. The summed E-state index contributed by atoms with van der Waals surface area (Å²) >= 11 is 0. The van der Waals surface area contributed by atoms with Gasteiger partial charge in [-0.3, -0.25) is 4.90 Å². The van der Waals surface area contributed by atoms with Crippen molar-refractivity contribution in [2.24, 2.45) is 0 Å². The molecule has 1 aliphatic rings. The zero-order chi connectivity index (χ0) is 17.2. The van der Waals surface area contributed by atoms with Crippen LogP contribution in [0.25, 0.3) is 5.69 Å². The Balaban J connectivity index is 1.66. The molecule has 0 spiro atoms. The van der Waals surface area contributed by atoms with Crippen molar-refractivity contribution in [1.29, 1.82) is 0 Å². The van der Waals surface area contributed by atoms with Crippen molar-refractivity contribution in [2.75, 3.05) is 19.6 Å². The number of likely N-dealkylation sites (tertiary alicyclic amines) is 1. The van der Waals surface area contributed by atoms with Crippen LogP contribution < -0.4 is 4.72 Å². The van der Waals surface area contributed by atoms with Crippen LogP contribution in [0.15, 0.2) is 30.9 Å². The summed E-state index contributed by atoms with van der Waals surface area (Å²) in [4.78, 5) is 6.17. The number of hydrogen-bond donors (Lipinski definition) is 1. The third-order valence-corrected chi connectivity index (χ3v) is 6.30. The van der Waals surface area contributed by atoms with Crippen molar-refractivity contribution >= 4 is 10.0 Å². The molecule has 1 aliphatic heterocycles. The number of benzene rings is 1. The summed E-state index contributed by atoms with van der Waals surface area (Å²) in [6.45, 7) is 6.45. The second-order valence-electron chi connectivity index (χ2n) is 6.15. The SMILES string of the molecule is CCNS(=O)(=O)[C@@H]1CCN(Cc2ccc(-n3cncn3)c(C)c2)C1. The molecule has 1 N–H and O–H groups in total. The summed E-state index contributed by atoms with van der Waals surface area (Å²) in [5, 5.41) is 3.84. The molecule has 8 heteroatoms. The number of rotatable bonds is 6. The Morgan fingerprint density at radius 1 is 1.38 bits per heavy atom. The number of nitrogens with zero attached hydrogens (tertiary/aromatic N) is 4. The minimum atomic E-state index is -3.19. The number of nitrogens with one attached hydrogen (secondary N) is 1. The highest BCUT2D eigenvalue weighted by Crippen LogP contribution is 2.21. The highest BCUT2D eigenvalue weighted by Gasteiger charge is 2.32. The summed E-state index contributed by atoms with van der Waals surface area (Å²) < 4.78 is 28.6.